The third-order valence-electron chi connectivity index (χ3n) is 2.93. The van der Waals surface area contributed by atoms with Crippen LogP contribution in [0.15, 0.2) is 36.4 Å². The average molecular weight is 306 g/mol. The lowest BCUT2D eigenvalue weighted by molar-refractivity contribution is 0.398. The van der Waals surface area contributed by atoms with Crippen LogP contribution in [0, 0.1) is 0 Å². The molecule has 0 saturated heterocycles. The first-order valence-corrected chi connectivity index (χ1v) is 6.51. The van der Waals surface area contributed by atoms with E-state index >= 15 is 0 Å². The summed E-state index contributed by atoms with van der Waals surface area (Å²) in [6.07, 6.45) is 0. The highest BCUT2D eigenvalue weighted by Crippen LogP contribution is 2.30. The van der Waals surface area contributed by atoms with E-state index in [1.54, 1.807) is 52.7 Å². The van der Waals surface area contributed by atoms with Crippen molar-refractivity contribution in [2.75, 3.05) is 39.9 Å². The van der Waals surface area contributed by atoms with Gasteiger partial charge in [0.15, 0.2) is 0 Å². The van der Waals surface area contributed by atoms with Crippen molar-refractivity contribution in [3.63, 3.8) is 0 Å². The summed E-state index contributed by atoms with van der Waals surface area (Å²) in [7, 11) is 6.30. The molecule has 0 bridgehead atoms. The summed E-state index contributed by atoms with van der Waals surface area (Å²) in [5, 5.41) is 0. The van der Waals surface area contributed by atoms with E-state index in [9.17, 15) is 0 Å². The summed E-state index contributed by atoms with van der Waals surface area (Å²) >= 11 is 0. The topological polar surface area (TPSA) is 89.0 Å². The number of para-hydroxylation sites is 2. The molecular weight excluding hydrogens is 284 g/mol. The molecule has 0 atom stereocenters. The van der Waals surface area contributed by atoms with Crippen molar-refractivity contribution in [1.29, 1.82) is 0 Å². The van der Waals surface area contributed by atoms with Gasteiger partial charge in [0.25, 0.3) is 0 Å². The average Bonchev–Trinajstić information content (AvgIpc) is 2.56. The summed E-state index contributed by atoms with van der Waals surface area (Å²) in [4.78, 5) is 0. The summed E-state index contributed by atoms with van der Waals surface area (Å²) in [6, 6.07) is 10.8. The smallest absolute Gasteiger partial charge is 0.145 e. The van der Waals surface area contributed by atoms with Gasteiger partial charge in [-0.2, -0.15) is 0 Å². The van der Waals surface area contributed by atoms with Crippen LogP contribution in [0.1, 0.15) is 0 Å². The Balaban J connectivity index is 0.000000220. The normalized spacial score (nSPS) is 9.27. The molecular formula is C16H22N2O4. The minimum absolute atomic E-state index is 0.539. The zero-order chi connectivity index (χ0) is 16.5. The number of benzene rings is 2. The third-order valence-corrected chi connectivity index (χ3v) is 2.93. The predicted octanol–water partition coefficient (Wildman–Crippen LogP) is 2.57. The predicted molar refractivity (Wildman–Crippen MR) is 87.9 cm³/mol. The molecule has 0 aliphatic heterocycles. The van der Waals surface area contributed by atoms with Gasteiger partial charge in [0, 0.05) is 0 Å². The second kappa shape index (κ2) is 8.51. The van der Waals surface area contributed by atoms with Gasteiger partial charge in [0.05, 0.1) is 28.4 Å². The fourth-order valence-corrected chi connectivity index (χ4v) is 1.76. The van der Waals surface area contributed by atoms with Gasteiger partial charge in [-0.3, -0.25) is 0 Å². The fraction of sp³-hybridized carbons (Fsp3) is 0.250. The van der Waals surface area contributed by atoms with Gasteiger partial charge in [-0.15, -0.1) is 0 Å². The van der Waals surface area contributed by atoms with E-state index in [1.807, 2.05) is 12.1 Å². The molecule has 0 spiro atoms. The van der Waals surface area contributed by atoms with E-state index < -0.39 is 0 Å². The maximum Gasteiger partial charge on any atom is 0.145 e. The molecule has 0 saturated carbocycles. The van der Waals surface area contributed by atoms with E-state index in [4.69, 9.17) is 30.4 Å². The molecule has 0 aromatic heterocycles. The second-order valence-corrected chi connectivity index (χ2v) is 4.15. The highest BCUT2D eigenvalue weighted by molar-refractivity contribution is 5.63. The number of anilines is 2. The largest absolute Gasteiger partial charge is 0.494 e. The Morgan fingerprint density at radius 1 is 0.545 bits per heavy atom. The molecule has 0 radical (unpaired) electrons. The highest BCUT2D eigenvalue weighted by atomic mass is 16.5. The summed E-state index contributed by atoms with van der Waals surface area (Å²) in [6.45, 7) is 0. The van der Waals surface area contributed by atoms with Crippen LogP contribution in [-0.2, 0) is 0 Å². The van der Waals surface area contributed by atoms with Gasteiger partial charge in [-0.05, 0) is 24.3 Å². The van der Waals surface area contributed by atoms with Crippen LogP contribution < -0.4 is 30.4 Å². The Morgan fingerprint density at radius 2 is 0.773 bits per heavy atom. The first-order valence-electron chi connectivity index (χ1n) is 6.51. The molecule has 0 heterocycles. The zero-order valence-electron chi connectivity index (χ0n) is 13.3. The van der Waals surface area contributed by atoms with Gasteiger partial charge in [0.2, 0.25) is 0 Å². The van der Waals surface area contributed by atoms with Crippen molar-refractivity contribution in [3.05, 3.63) is 36.4 Å². The Hall–Kier alpha value is -2.76. The molecule has 0 aliphatic carbocycles. The number of hydrogen-bond acceptors (Lipinski definition) is 6. The lowest BCUT2D eigenvalue weighted by Gasteiger charge is -2.07. The third kappa shape index (κ3) is 4.12. The number of hydrogen-bond donors (Lipinski definition) is 2. The minimum Gasteiger partial charge on any atom is -0.494 e. The van der Waals surface area contributed by atoms with Gasteiger partial charge >= 0.3 is 0 Å². The van der Waals surface area contributed by atoms with E-state index in [-0.39, 0.29) is 0 Å². The van der Waals surface area contributed by atoms with Crippen molar-refractivity contribution in [2.45, 2.75) is 0 Å². The molecule has 0 fully saturated rings. The Bertz CT molecular complexity index is 505. The molecule has 0 unspecified atom stereocenters. The van der Waals surface area contributed by atoms with Crippen molar-refractivity contribution < 1.29 is 18.9 Å². The Morgan fingerprint density at radius 3 is 0.955 bits per heavy atom. The molecule has 120 valence electrons. The second-order valence-electron chi connectivity index (χ2n) is 4.15. The van der Waals surface area contributed by atoms with E-state index in [2.05, 4.69) is 0 Å². The van der Waals surface area contributed by atoms with E-state index in [0.29, 0.717) is 34.4 Å². The van der Waals surface area contributed by atoms with E-state index in [0.717, 1.165) is 0 Å². The lowest BCUT2D eigenvalue weighted by atomic mass is 10.3. The number of nitrogens with two attached hydrogens (primary N) is 2. The molecule has 0 aliphatic rings. The van der Waals surface area contributed by atoms with Gasteiger partial charge in [0.1, 0.15) is 34.4 Å². The Labute approximate surface area is 130 Å². The number of rotatable bonds is 4. The van der Waals surface area contributed by atoms with Crippen molar-refractivity contribution in [2.24, 2.45) is 0 Å². The standard InChI is InChI=1S/2C8H11NO2/c2*1-10-6-4-3-5-7(11-2)8(6)9/h2*3-5H,9H2,1-2H3. The monoisotopic (exact) mass is 306 g/mol. The molecule has 2 aromatic rings. The van der Waals surface area contributed by atoms with Crippen LogP contribution in [0.2, 0.25) is 0 Å². The number of methoxy groups -OCH3 is 4. The SMILES string of the molecule is COc1cccc(OC)c1N.COc1cccc(OC)c1N. The quantitative estimate of drug-likeness (QED) is 0.844. The summed E-state index contributed by atoms with van der Waals surface area (Å²) in [5.74, 6) is 2.57. The lowest BCUT2D eigenvalue weighted by Crippen LogP contribution is -1.95. The van der Waals surface area contributed by atoms with Crippen LogP contribution >= 0.6 is 0 Å². The van der Waals surface area contributed by atoms with Crippen molar-refractivity contribution >= 4 is 11.4 Å². The van der Waals surface area contributed by atoms with Crippen molar-refractivity contribution in [3.8, 4) is 23.0 Å². The minimum atomic E-state index is 0.539. The number of nitrogen functional groups attached to an aromatic ring is 2. The van der Waals surface area contributed by atoms with Gasteiger partial charge in [-0.1, -0.05) is 12.1 Å². The molecule has 6 heteroatoms. The maximum atomic E-state index is 5.65. The van der Waals surface area contributed by atoms with Gasteiger partial charge in [-0.25, -0.2) is 0 Å². The molecule has 6 nitrogen and oxygen atoms in total. The number of ether oxygens (including phenoxy) is 4. The maximum absolute atomic E-state index is 5.65. The van der Waals surface area contributed by atoms with Crippen molar-refractivity contribution in [1.82, 2.24) is 0 Å². The van der Waals surface area contributed by atoms with Crippen LogP contribution in [0.5, 0.6) is 23.0 Å². The molecule has 2 rings (SSSR count). The Kier molecular flexibility index (Phi) is 6.69. The molecule has 2 aromatic carbocycles. The molecule has 4 N–H and O–H groups in total. The van der Waals surface area contributed by atoms with Crippen LogP contribution in [0.3, 0.4) is 0 Å². The zero-order valence-corrected chi connectivity index (χ0v) is 13.3. The van der Waals surface area contributed by atoms with E-state index in [1.165, 1.54) is 0 Å². The fourth-order valence-electron chi connectivity index (χ4n) is 1.76. The van der Waals surface area contributed by atoms with Gasteiger partial charge < -0.3 is 30.4 Å². The van der Waals surface area contributed by atoms with Crippen LogP contribution in [0.4, 0.5) is 11.4 Å². The molecule has 0 amide bonds. The first-order chi connectivity index (χ1) is 10.6. The first kappa shape index (κ1) is 17.3. The highest BCUT2D eigenvalue weighted by Gasteiger charge is 2.03. The van der Waals surface area contributed by atoms with Crippen LogP contribution in [-0.4, -0.2) is 28.4 Å². The molecule has 22 heavy (non-hydrogen) atoms. The summed E-state index contributed by atoms with van der Waals surface area (Å²) < 4.78 is 19.9. The summed E-state index contributed by atoms with van der Waals surface area (Å²) in [5.41, 5.74) is 12.4. The van der Waals surface area contributed by atoms with Crippen LogP contribution in [0.25, 0.3) is 0 Å².